The van der Waals surface area contributed by atoms with Crippen LogP contribution < -0.4 is 15.0 Å². The highest BCUT2D eigenvalue weighted by Gasteiger charge is 2.13. The van der Waals surface area contributed by atoms with Gasteiger partial charge in [0.1, 0.15) is 5.69 Å². The molecule has 0 saturated carbocycles. The first-order chi connectivity index (χ1) is 10.2. The zero-order valence-corrected chi connectivity index (χ0v) is 12.5. The molecule has 108 valence electrons. The zero-order chi connectivity index (χ0) is 14.8. The summed E-state index contributed by atoms with van der Waals surface area (Å²) in [5.41, 5.74) is 0.633. The summed E-state index contributed by atoms with van der Waals surface area (Å²) in [6.07, 6.45) is 3.42. The van der Waals surface area contributed by atoms with Crippen LogP contribution in [0.2, 0.25) is 0 Å². The lowest BCUT2D eigenvalue weighted by Crippen LogP contribution is -2.20. The Bertz CT molecular complexity index is 838. The molecule has 0 aliphatic rings. The summed E-state index contributed by atoms with van der Waals surface area (Å²) >= 11 is 1.56. The van der Waals surface area contributed by atoms with Gasteiger partial charge in [-0.25, -0.2) is 0 Å². The maximum Gasteiger partial charge on any atom is 0.259 e. The van der Waals surface area contributed by atoms with Gasteiger partial charge < -0.3 is 14.0 Å². The molecule has 6 heteroatoms. The Balaban J connectivity index is 2.06. The molecule has 0 aromatic carbocycles. The Hall–Kier alpha value is -2.34. The molecular formula is C15H14N2O3S. The van der Waals surface area contributed by atoms with Gasteiger partial charge in [0.05, 0.1) is 26.2 Å². The van der Waals surface area contributed by atoms with Crippen LogP contribution in [-0.2, 0) is 6.54 Å². The predicted octanol–water partition coefficient (Wildman–Crippen LogP) is 2.52. The molecule has 0 spiro atoms. The molecule has 3 aromatic heterocycles. The third-order valence-corrected chi connectivity index (χ3v) is 4.16. The van der Waals surface area contributed by atoms with E-state index in [4.69, 9.17) is 9.47 Å². The lowest BCUT2D eigenvalue weighted by molar-refractivity contribution is 0.348. The molecule has 0 atom stereocenters. The number of hydrogen-bond acceptors (Lipinski definition) is 5. The first-order valence-electron chi connectivity index (χ1n) is 6.37. The van der Waals surface area contributed by atoms with Crippen LogP contribution in [-0.4, -0.2) is 23.8 Å². The summed E-state index contributed by atoms with van der Waals surface area (Å²) in [6, 6.07) is 5.51. The van der Waals surface area contributed by atoms with Crippen LogP contribution >= 0.6 is 11.3 Å². The Morgan fingerprint density at radius 2 is 2.10 bits per heavy atom. The lowest BCUT2D eigenvalue weighted by Gasteiger charge is -2.12. The third-order valence-electron chi connectivity index (χ3n) is 3.28. The number of nitrogens with zero attached hydrogens (tertiary/aromatic N) is 2. The fraction of sp³-hybridized carbons (Fsp3) is 0.200. The SMILES string of the molecule is COc1ccnc(Cn2ccc3sccc3c2=O)c1OC. The van der Waals surface area contributed by atoms with E-state index >= 15 is 0 Å². The zero-order valence-electron chi connectivity index (χ0n) is 11.7. The molecule has 0 saturated heterocycles. The fourth-order valence-corrected chi connectivity index (χ4v) is 3.03. The van der Waals surface area contributed by atoms with Crippen LogP contribution in [0.15, 0.2) is 40.8 Å². The van der Waals surface area contributed by atoms with E-state index in [0.29, 0.717) is 23.7 Å². The molecule has 0 N–H and O–H groups in total. The quantitative estimate of drug-likeness (QED) is 0.743. The smallest absolute Gasteiger partial charge is 0.259 e. The predicted molar refractivity (Wildman–Crippen MR) is 82.5 cm³/mol. The summed E-state index contributed by atoms with van der Waals surface area (Å²) in [4.78, 5) is 16.7. The first-order valence-corrected chi connectivity index (χ1v) is 7.25. The fourth-order valence-electron chi connectivity index (χ4n) is 2.26. The largest absolute Gasteiger partial charge is 0.493 e. The average Bonchev–Trinajstić information content (AvgIpc) is 2.99. The van der Waals surface area contributed by atoms with Gasteiger partial charge in [-0.15, -0.1) is 11.3 Å². The topological polar surface area (TPSA) is 53.4 Å². The van der Waals surface area contributed by atoms with Gasteiger partial charge in [-0.05, 0) is 17.5 Å². The van der Waals surface area contributed by atoms with Crippen LogP contribution in [0.4, 0.5) is 0 Å². The van der Waals surface area contributed by atoms with Gasteiger partial charge in [-0.3, -0.25) is 9.78 Å². The molecule has 0 fully saturated rings. The van der Waals surface area contributed by atoms with Gasteiger partial charge in [0.15, 0.2) is 11.5 Å². The number of thiophene rings is 1. The average molecular weight is 302 g/mol. The van der Waals surface area contributed by atoms with E-state index in [0.717, 1.165) is 10.1 Å². The van der Waals surface area contributed by atoms with E-state index < -0.39 is 0 Å². The highest BCUT2D eigenvalue weighted by molar-refractivity contribution is 7.17. The van der Waals surface area contributed by atoms with Crippen molar-refractivity contribution in [2.75, 3.05) is 14.2 Å². The number of pyridine rings is 2. The lowest BCUT2D eigenvalue weighted by atomic mass is 10.2. The Labute approximate surface area is 125 Å². The van der Waals surface area contributed by atoms with Crippen molar-refractivity contribution in [1.82, 2.24) is 9.55 Å². The minimum atomic E-state index is -0.0274. The molecule has 3 aromatic rings. The molecule has 0 bridgehead atoms. The number of fused-ring (bicyclic) bond motifs is 1. The van der Waals surface area contributed by atoms with Gasteiger partial charge in [0.2, 0.25) is 0 Å². The van der Waals surface area contributed by atoms with Crippen molar-refractivity contribution in [3.05, 3.63) is 52.0 Å². The summed E-state index contributed by atoms with van der Waals surface area (Å²) in [5.74, 6) is 1.16. The normalized spacial score (nSPS) is 10.8. The van der Waals surface area contributed by atoms with Crippen molar-refractivity contribution >= 4 is 21.4 Å². The van der Waals surface area contributed by atoms with Crippen molar-refractivity contribution in [2.24, 2.45) is 0 Å². The van der Waals surface area contributed by atoms with Crippen LogP contribution in [0.25, 0.3) is 10.1 Å². The second-order valence-corrected chi connectivity index (χ2v) is 5.39. The van der Waals surface area contributed by atoms with Crippen LogP contribution in [0.3, 0.4) is 0 Å². The number of hydrogen-bond donors (Lipinski definition) is 0. The van der Waals surface area contributed by atoms with Gasteiger partial charge in [-0.2, -0.15) is 0 Å². The Morgan fingerprint density at radius 3 is 2.86 bits per heavy atom. The maximum absolute atomic E-state index is 12.4. The standard InChI is InChI=1S/C15H14N2O3S/c1-19-12-3-6-16-11(14(12)20-2)9-17-7-4-13-10(15(17)18)5-8-21-13/h3-8H,9H2,1-2H3. The summed E-state index contributed by atoms with van der Waals surface area (Å²) in [6.45, 7) is 0.338. The molecule has 3 heterocycles. The molecule has 5 nitrogen and oxygen atoms in total. The van der Waals surface area contributed by atoms with E-state index in [1.165, 1.54) is 0 Å². The Kier molecular flexibility index (Phi) is 3.62. The van der Waals surface area contributed by atoms with E-state index in [-0.39, 0.29) is 5.56 Å². The molecule has 0 amide bonds. The van der Waals surface area contributed by atoms with Crippen LogP contribution in [0.5, 0.6) is 11.5 Å². The third kappa shape index (κ3) is 2.38. The summed E-state index contributed by atoms with van der Waals surface area (Å²) < 4.78 is 13.2. The van der Waals surface area contributed by atoms with E-state index in [1.54, 1.807) is 48.6 Å². The molecule has 0 unspecified atom stereocenters. The highest BCUT2D eigenvalue weighted by Crippen LogP contribution is 2.29. The highest BCUT2D eigenvalue weighted by atomic mass is 32.1. The number of aromatic nitrogens is 2. The second kappa shape index (κ2) is 5.57. The number of ether oxygens (including phenoxy) is 2. The van der Waals surface area contributed by atoms with Crippen molar-refractivity contribution < 1.29 is 9.47 Å². The summed E-state index contributed by atoms with van der Waals surface area (Å²) in [5, 5.41) is 2.64. The van der Waals surface area contributed by atoms with Crippen molar-refractivity contribution in [2.45, 2.75) is 6.54 Å². The van der Waals surface area contributed by atoms with Gasteiger partial charge in [0, 0.05) is 23.2 Å². The van der Waals surface area contributed by atoms with Gasteiger partial charge in [0.25, 0.3) is 5.56 Å². The minimum Gasteiger partial charge on any atom is -0.493 e. The molecular weight excluding hydrogens is 288 g/mol. The monoisotopic (exact) mass is 302 g/mol. The minimum absolute atomic E-state index is 0.0274. The molecule has 0 radical (unpaired) electrons. The molecule has 21 heavy (non-hydrogen) atoms. The van der Waals surface area contributed by atoms with Crippen LogP contribution in [0.1, 0.15) is 5.69 Å². The number of rotatable bonds is 4. The molecule has 3 rings (SSSR count). The van der Waals surface area contributed by atoms with Gasteiger partial charge in [-0.1, -0.05) is 0 Å². The van der Waals surface area contributed by atoms with Crippen molar-refractivity contribution in [3.8, 4) is 11.5 Å². The van der Waals surface area contributed by atoms with Crippen molar-refractivity contribution in [1.29, 1.82) is 0 Å². The first kappa shape index (κ1) is 13.6. The molecule has 0 aliphatic carbocycles. The Morgan fingerprint density at radius 1 is 1.24 bits per heavy atom. The summed E-state index contributed by atoms with van der Waals surface area (Å²) in [7, 11) is 3.14. The van der Waals surface area contributed by atoms with E-state index in [2.05, 4.69) is 4.98 Å². The second-order valence-electron chi connectivity index (χ2n) is 4.44. The van der Waals surface area contributed by atoms with Crippen molar-refractivity contribution in [3.63, 3.8) is 0 Å². The maximum atomic E-state index is 12.4. The van der Waals surface area contributed by atoms with E-state index in [9.17, 15) is 4.79 Å². The van der Waals surface area contributed by atoms with E-state index in [1.807, 2.05) is 17.5 Å². The number of methoxy groups -OCH3 is 2. The van der Waals surface area contributed by atoms with Gasteiger partial charge >= 0.3 is 0 Å². The molecule has 0 aliphatic heterocycles. The van der Waals surface area contributed by atoms with Crippen LogP contribution in [0, 0.1) is 0 Å².